The molecule has 2 aromatic rings. The summed E-state index contributed by atoms with van der Waals surface area (Å²) in [6, 6.07) is 3.90. The third-order valence-corrected chi connectivity index (χ3v) is 2.84. The number of rotatable bonds is 6. The second-order valence-corrected chi connectivity index (χ2v) is 4.42. The molecule has 2 heterocycles. The standard InChI is InChI=1S/C13H17N5O/c1-11(8-18-10-15-9-17-18)13(19)16-7-4-12-2-5-14-6-3-12/h2-3,5-6,9-11H,4,7-8H2,1H3,(H,16,19). The van der Waals surface area contributed by atoms with Crippen molar-refractivity contribution in [2.24, 2.45) is 5.92 Å². The monoisotopic (exact) mass is 259 g/mol. The minimum absolute atomic E-state index is 0.0320. The van der Waals surface area contributed by atoms with Crippen LogP contribution in [0.2, 0.25) is 0 Å². The second-order valence-electron chi connectivity index (χ2n) is 4.42. The van der Waals surface area contributed by atoms with E-state index in [4.69, 9.17) is 0 Å². The van der Waals surface area contributed by atoms with Crippen LogP contribution in [-0.2, 0) is 17.8 Å². The summed E-state index contributed by atoms with van der Waals surface area (Å²) in [5.41, 5.74) is 1.17. The van der Waals surface area contributed by atoms with Gasteiger partial charge in [-0.25, -0.2) is 4.98 Å². The fourth-order valence-corrected chi connectivity index (χ4v) is 1.74. The maximum Gasteiger partial charge on any atom is 0.224 e. The lowest BCUT2D eigenvalue weighted by atomic mass is 10.1. The van der Waals surface area contributed by atoms with Gasteiger partial charge in [-0.2, -0.15) is 5.10 Å². The maximum absolute atomic E-state index is 11.9. The van der Waals surface area contributed by atoms with Gasteiger partial charge in [-0.15, -0.1) is 0 Å². The number of pyridine rings is 1. The van der Waals surface area contributed by atoms with Crippen LogP contribution in [0.15, 0.2) is 37.2 Å². The van der Waals surface area contributed by atoms with E-state index in [2.05, 4.69) is 20.4 Å². The fraction of sp³-hybridized carbons (Fsp3) is 0.385. The Morgan fingerprint density at radius 1 is 1.37 bits per heavy atom. The lowest BCUT2D eigenvalue weighted by Gasteiger charge is -2.11. The number of amides is 1. The molecule has 1 N–H and O–H groups in total. The van der Waals surface area contributed by atoms with E-state index in [1.807, 2.05) is 19.1 Å². The molecule has 0 fully saturated rings. The normalized spacial score (nSPS) is 12.1. The summed E-state index contributed by atoms with van der Waals surface area (Å²) in [4.78, 5) is 19.7. The Bertz CT molecular complexity index is 497. The molecule has 0 saturated heterocycles. The first kappa shape index (κ1) is 13.2. The molecule has 1 amide bonds. The zero-order chi connectivity index (χ0) is 13.5. The van der Waals surface area contributed by atoms with E-state index < -0.39 is 0 Å². The van der Waals surface area contributed by atoms with Crippen LogP contribution in [0.25, 0.3) is 0 Å². The maximum atomic E-state index is 11.9. The van der Waals surface area contributed by atoms with Crippen LogP contribution in [0.4, 0.5) is 0 Å². The molecule has 1 atom stereocenters. The quantitative estimate of drug-likeness (QED) is 0.827. The van der Waals surface area contributed by atoms with E-state index in [9.17, 15) is 4.79 Å². The van der Waals surface area contributed by atoms with Gasteiger partial charge in [0, 0.05) is 18.9 Å². The minimum atomic E-state index is -0.126. The van der Waals surface area contributed by atoms with E-state index >= 15 is 0 Å². The highest BCUT2D eigenvalue weighted by molar-refractivity contribution is 5.78. The van der Waals surface area contributed by atoms with Crippen molar-refractivity contribution in [3.63, 3.8) is 0 Å². The Morgan fingerprint density at radius 2 is 2.16 bits per heavy atom. The SMILES string of the molecule is CC(Cn1cncn1)C(=O)NCCc1ccncc1. The number of aromatic nitrogens is 4. The van der Waals surface area contributed by atoms with E-state index in [0.717, 1.165) is 6.42 Å². The summed E-state index contributed by atoms with van der Waals surface area (Å²) in [6.45, 7) is 3.05. The highest BCUT2D eigenvalue weighted by Gasteiger charge is 2.13. The molecule has 2 rings (SSSR count). The van der Waals surface area contributed by atoms with Gasteiger partial charge in [0.15, 0.2) is 0 Å². The molecule has 0 spiro atoms. The van der Waals surface area contributed by atoms with Crippen molar-refractivity contribution in [1.29, 1.82) is 0 Å². The summed E-state index contributed by atoms with van der Waals surface area (Å²) in [5, 5.41) is 6.91. The van der Waals surface area contributed by atoms with Crippen LogP contribution >= 0.6 is 0 Å². The van der Waals surface area contributed by atoms with Crippen LogP contribution < -0.4 is 5.32 Å². The van der Waals surface area contributed by atoms with E-state index in [0.29, 0.717) is 13.1 Å². The molecule has 0 saturated carbocycles. The van der Waals surface area contributed by atoms with Gasteiger partial charge in [0.2, 0.25) is 5.91 Å². The molecular formula is C13H17N5O. The summed E-state index contributed by atoms with van der Waals surface area (Å²) >= 11 is 0. The van der Waals surface area contributed by atoms with E-state index in [1.54, 1.807) is 23.4 Å². The molecule has 0 aromatic carbocycles. The largest absolute Gasteiger partial charge is 0.355 e. The molecule has 0 aliphatic heterocycles. The number of hydrogen-bond acceptors (Lipinski definition) is 4. The predicted octanol–water partition coefficient (Wildman–Crippen LogP) is 0.668. The molecule has 0 bridgehead atoms. The van der Waals surface area contributed by atoms with Crippen LogP contribution in [0.3, 0.4) is 0 Å². The predicted molar refractivity (Wildman–Crippen MR) is 70.1 cm³/mol. The topological polar surface area (TPSA) is 72.7 Å². The van der Waals surface area contributed by atoms with Crippen molar-refractivity contribution in [3.8, 4) is 0 Å². The molecule has 2 aromatic heterocycles. The Morgan fingerprint density at radius 3 is 2.84 bits per heavy atom. The van der Waals surface area contributed by atoms with Crippen LogP contribution in [0.1, 0.15) is 12.5 Å². The highest BCUT2D eigenvalue weighted by atomic mass is 16.1. The molecule has 0 aliphatic carbocycles. The Balaban J connectivity index is 1.72. The van der Waals surface area contributed by atoms with Crippen molar-refractivity contribution in [3.05, 3.63) is 42.7 Å². The first-order valence-electron chi connectivity index (χ1n) is 6.24. The molecule has 19 heavy (non-hydrogen) atoms. The Kier molecular flexibility index (Phi) is 4.60. The molecular weight excluding hydrogens is 242 g/mol. The van der Waals surface area contributed by atoms with Crippen molar-refractivity contribution >= 4 is 5.91 Å². The van der Waals surface area contributed by atoms with E-state index in [-0.39, 0.29) is 11.8 Å². The van der Waals surface area contributed by atoms with Crippen LogP contribution in [-0.4, -0.2) is 32.2 Å². The zero-order valence-electron chi connectivity index (χ0n) is 10.9. The summed E-state index contributed by atoms with van der Waals surface area (Å²) in [6.07, 6.45) is 7.40. The van der Waals surface area contributed by atoms with E-state index in [1.165, 1.54) is 11.9 Å². The molecule has 6 nitrogen and oxygen atoms in total. The number of carbonyl (C=O) groups is 1. The lowest BCUT2D eigenvalue weighted by molar-refractivity contribution is -0.124. The average molecular weight is 259 g/mol. The third-order valence-electron chi connectivity index (χ3n) is 2.84. The lowest BCUT2D eigenvalue weighted by Crippen LogP contribution is -2.33. The Labute approximate surface area is 111 Å². The van der Waals surface area contributed by atoms with Gasteiger partial charge >= 0.3 is 0 Å². The fourth-order valence-electron chi connectivity index (χ4n) is 1.74. The number of hydrogen-bond donors (Lipinski definition) is 1. The number of nitrogens with zero attached hydrogens (tertiary/aromatic N) is 4. The Hall–Kier alpha value is -2.24. The average Bonchev–Trinajstić information content (AvgIpc) is 2.92. The van der Waals surface area contributed by atoms with Gasteiger partial charge in [0.25, 0.3) is 0 Å². The van der Waals surface area contributed by atoms with Gasteiger partial charge in [-0.3, -0.25) is 14.5 Å². The summed E-state index contributed by atoms with van der Waals surface area (Å²) < 4.78 is 1.66. The molecule has 0 aliphatic rings. The number of carbonyl (C=O) groups excluding carboxylic acids is 1. The van der Waals surface area contributed by atoms with Crippen molar-refractivity contribution in [2.75, 3.05) is 6.54 Å². The summed E-state index contributed by atoms with van der Waals surface area (Å²) in [5.74, 6) is -0.0938. The molecule has 1 unspecified atom stereocenters. The third kappa shape index (κ3) is 4.17. The highest BCUT2D eigenvalue weighted by Crippen LogP contribution is 2.00. The van der Waals surface area contributed by atoms with Gasteiger partial charge < -0.3 is 5.32 Å². The smallest absolute Gasteiger partial charge is 0.224 e. The van der Waals surface area contributed by atoms with Gasteiger partial charge in [0.05, 0.1) is 12.5 Å². The molecule has 6 heteroatoms. The zero-order valence-corrected chi connectivity index (χ0v) is 10.9. The number of nitrogens with one attached hydrogen (secondary N) is 1. The summed E-state index contributed by atoms with van der Waals surface area (Å²) in [7, 11) is 0. The minimum Gasteiger partial charge on any atom is -0.355 e. The van der Waals surface area contributed by atoms with Gasteiger partial charge in [-0.05, 0) is 24.1 Å². The van der Waals surface area contributed by atoms with Crippen molar-refractivity contribution in [1.82, 2.24) is 25.1 Å². The first-order chi connectivity index (χ1) is 9.25. The van der Waals surface area contributed by atoms with Crippen LogP contribution in [0.5, 0.6) is 0 Å². The van der Waals surface area contributed by atoms with Crippen molar-refractivity contribution < 1.29 is 4.79 Å². The molecule has 100 valence electrons. The first-order valence-corrected chi connectivity index (χ1v) is 6.24. The molecule has 0 radical (unpaired) electrons. The van der Waals surface area contributed by atoms with Gasteiger partial charge in [0.1, 0.15) is 12.7 Å². The second kappa shape index (κ2) is 6.63. The van der Waals surface area contributed by atoms with Crippen LogP contribution in [0, 0.1) is 5.92 Å². The van der Waals surface area contributed by atoms with Crippen molar-refractivity contribution in [2.45, 2.75) is 19.9 Å². The van der Waals surface area contributed by atoms with Gasteiger partial charge in [-0.1, -0.05) is 6.92 Å².